The number of hydrogen-bond acceptors (Lipinski definition) is 0. The fourth-order valence-electron chi connectivity index (χ4n) is 6.63. The van der Waals surface area contributed by atoms with E-state index in [0.29, 0.717) is 0 Å². The monoisotopic (exact) mass is 608 g/mol. The molecule has 0 bridgehead atoms. The first-order chi connectivity index (χ1) is 19.9. The summed E-state index contributed by atoms with van der Waals surface area (Å²) in [5.74, 6) is 0. The Morgan fingerprint density at radius 1 is 0.488 bits per heavy atom. The van der Waals surface area contributed by atoms with E-state index < -0.39 is 12.7 Å². The van der Waals surface area contributed by atoms with Crippen LogP contribution >= 0.6 is 18.6 Å². The van der Waals surface area contributed by atoms with Gasteiger partial charge in [-0.1, -0.05) is 0 Å². The summed E-state index contributed by atoms with van der Waals surface area (Å²) in [6, 6.07) is 43.3. The molecule has 3 heteroatoms. The minimum atomic E-state index is -4.80. The Bertz CT molecular complexity index is 1730. The van der Waals surface area contributed by atoms with Crippen molar-refractivity contribution in [3.05, 3.63) is 132 Å². The number of benzene rings is 2. The molecule has 204 valence electrons. The van der Waals surface area contributed by atoms with Crippen LogP contribution in [0.5, 0.6) is 0 Å². The van der Waals surface area contributed by atoms with E-state index in [2.05, 4.69) is 146 Å². The van der Waals surface area contributed by atoms with Crippen LogP contribution in [0.1, 0.15) is 31.9 Å². The Hall–Kier alpha value is -3.00. The van der Waals surface area contributed by atoms with Gasteiger partial charge < -0.3 is 0 Å². The maximum atomic E-state index is 8.22. The van der Waals surface area contributed by atoms with Crippen LogP contribution in [-0.4, -0.2) is 4.31 Å². The van der Waals surface area contributed by atoms with Crippen molar-refractivity contribution >= 4 is 30.7 Å². The number of aryl methyl sites for hydroxylation is 2. The molecule has 41 heavy (non-hydrogen) atoms. The number of hydrogen-bond donors (Lipinski definition) is 0. The van der Waals surface area contributed by atoms with Gasteiger partial charge in [0.15, 0.2) is 0 Å². The second kappa shape index (κ2) is 11.0. The van der Waals surface area contributed by atoms with Gasteiger partial charge in [0.05, 0.1) is 0 Å². The zero-order valence-corrected chi connectivity index (χ0v) is 26.9. The first-order valence-electron chi connectivity index (χ1n) is 14.5. The molecule has 0 fully saturated rings. The van der Waals surface area contributed by atoms with Gasteiger partial charge in [-0.3, -0.25) is 0 Å². The standard InChI is InChI=1S/2C18H15.C2H4.2ClH.Ti/c2*1-2-14-12-16-10-6-7-11-17(18(16)13-14)15-8-4-3-5-9-15;1-2;;;/h2*3-11,13H,2H2,1H3;1H,2H3;2*1H;/q;;;;;+2/p-2. The molecule has 4 aliphatic rings. The molecule has 0 nitrogen and oxygen atoms in total. The Kier molecular flexibility index (Phi) is 7.56. The van der Waals surface area contributed by atoms with Crippen molar-refractivity contribution < 1.29 is 12.7 Å². The van der Waals surface area contributed by atoms with E-state index >= 15 is 0 Å². The molecule has 0 saturated carbocycles. The van der Waals surface area contributed by atoms with Crippen molar-refractivity contribution in [2.45, 2.75) is 33.6 Å². The summed E-state index contributed by atoms with van der Waals surface area (Å²) in [6.45, 7) is 6.51. The van der Waals surface area contributed by atoms with Crippen LogP contribution in [0.2, 0.25) is 0 Å². The van der Waals surface area contributed by atoms with E-state index in [1.807, 2.05) is 0 Å². The summed E-state index contributed by atoms with van der Waals surface area (Å²) in [5, 5.41) is 0. The van der Waals surface area contributed by atoms with Crippen LogP contribution in [-0.2, 0) is 25.6 Å². The Balaban J connectivity index is 1.68. The molecule has 0 saturated heterocycles. The molecule has 2 aromatic carbocycles. The van der Waals surface area contributed by atoms with Gasteiger partial charge in [0.25, 0.3) is 0 Å². The van der Waals surface area contributed by atoms with Gasteiger partial charge >= 0.3 is 254 Å². The zero-order valence-electron chi connectivity index (χ0n) is 23.8. The van der Waals surface area contributed by atoms with Crippen LogP contribution < -0.4 is 7.74 Å². The van der Waals surface area contributed by atoms with Gasteiger partial charge in [-0.15, -0.1) is 0 Å². The molecule has 0 aliphatic heterocycles. The summed E-state index contributed by atoms with van der Waals surface area (Å²) in [5.41, 5.74) is 12.0. The van der Waals surface area contributed by atoms with Crippen LogP contribution in [0.4, 0.5) is 0 Å². The average Bonchev–Trinajstić information content (AvgIpc) is 3.43. The van der Waals surface area contributed by atoms with E-state index in [1.165, 1.54) is 44.5 Å². The van der Waals surface area contributed by atoms with Crippen LogP contribution in [0.3, 0.4) is 0 Å². The normalized spacial score (nSPS) is 12.1. The van der Waals surface area contributed by atoms with Gasteiger partial charge in [0.2, 0.25) is 0 Å². The van der Waals surface area contributed by atoms with Gasteiger partial charge in [-0.25, -0.2) is 0 Å². The van der Waals surface area contributed by atoms with E-state index in [4.69, 9.17) is 18.6 Å². The van der Waals surface area contributed by atoms with Gasteiger partial charge in [0.1, 0.15) is 0 Å². The second-order valence-electron chi connectivity index (χ2n) is 10.8. The van der Waals surface area contributed by atoms with Gasteiger partial charge in [0, 0.05) is 0 Å². The zero-order chi connectivity index (χ0) is 28.6. The third-order valence-electron chi connectivity index (χ3n) is 8.61. The quantitative estimate of drug-likeness (QED) is 0.165. The van der Waals surface area contributed by atoms with Crippen molar-refractivity contribution in [2.75, 3.05) is 0 Å². The van der Waals surface area contributed by atoms with Crippen molar-refractivity contribution in [3.8, 4) is 44.5 Å². The first kappa shape index (κ1) is 28.1. The number of halogens is 2. The maximum absolute atomic E-state index is 8.22. The van der Waals surface area contributed by atoms with Crippen molar-refractivity contribution in [2.24, 2.45) is 0 Å². The fourth-order valence-corrected chi connectivity index (χ4v) is 16.4. The van der Waals surface area contributed by atoms with E-state index in [0.717, 1.165) is 31.7 Å². The van der Waals surface area contributed by atoms with Gasteiger partial charge in [-0.05, 0) is 0 Å². The average molecular weight is 609 g/mol. The summed E-state index contributed by atoms with van der Waals surface area (Å²) < 4.78 is 4.48. The molecule has 0 N–H and O–H groups in total. The number of fused-ring (bicyclic) bond motifs is 2. The Labute approximate surface area is 252 Å². The molecular weight excluding hydrogens is 575 g/mol. The molecule has 2 aromatic rings. The summed E-state index contributed by atoms with van der Waals surface area (Å²) in [6.07, 6.45) is 1.72. The molecule has 0 radical (unpaired) electrons. The number of rotatable bonds is 6. The van der Waals surface area contributed by atoms with Crippen LogP contribution in [0, 0.1) is 0 Å². The third-order valence-corrected chi connectivity index (χ3v) is 19.8. The molecule has 0 aromatic heterocycles. The molecule has 0 unspecified atom stereocenters. The summed E-state index contributed by atoms with van der Waals surface area (Å²) >= 11 is -4.80. The Morgan fingerprint density at radius 2 is 0.829 bits per heavy atom. The van der Waals surface area contributed by atoms with Crippen molar-refractivity contribution in [3.63, 3.8) is 0 Å². The second-order valence-corrected chi connectivity index (χ2v) is 23.9. The van der Waals surface area contributed by atoms with E-state index in [9.17, 15) is 0 Å². The van der Waals surface area contributed by atoms with Gasteiger partial charge in [-0.2, -0.15) is 0 Å². The summed E-state index contributed by atoms with van der Waals surface area (Å²) in [7, 11) is 16.4. The molecular formula is C38H34Cl2Ti. The van der Waals surface area contributed by atoms with Crippen molar-refractivity contribution in [1.29, 1.82) is 0 Å². The molecule has 0 atom stereocenters. The first-order valence-corrected chi connectivity index (χ1v) is 21.3. The molecule has 4 aliphatic carbocycles. The summed E-state index contributed by atoms with van der Waals surface area (Å²) in [4.78, 5) is 0. The Morgan fingerprint density at radius 3 is 1.17 bits per heavy atom. The van der Waals surface area contributed by atoms with Crippen LogP contribution in [0.25, 0.3) is 44.5 Å². The molecule has 0 heterocycles. The van der Waals surface area contributed by atoms with Crippen molar-refractivity contribution in [1.82, 2.24) is 0 Å². The molecule has 0 spiro atoms. The predicted octanol–water partition coefficient (Wildman–Crippen LogP) is 10.1. The van der Waals surface area contributed by atoms with Crippen LogP contribution in [0.15, 0.2) is 121 Å². The van der Waals surface area contributed by atoms with E-state index in [1.54, 1.807) is 0 Å². The molecule has 0 amide bonds. The topological polar surface area (TPSA) is 0 Å². The van der Waals surface area contributed by atoms with E-state index in [-0.39, 0.29) is 0 Å². The predicted molar refractivity (Wildman–Crippen MR) is 178 cm³/mol. The fraction of sp³-hybridized carbons (Fsp3) is 0.132. The molecule has 6 rings (SSSR count). The third kappa shape index (κ3) is 4.63. The SMILES string of the molecule is C[CH]=[Ti]([Cl])([Cl])([c]1c(CC)cc2c(-c3ccccc3)ccccc1-2)[c]1c(CC)cc2c(-c3ccccc3)ccccc1-2. The minimum absolute atomic E-state index is 0.859.